The largest absolute Gasteiger partial charge is 0.444 e. The summed E-state index contributed by atoms with van der Waals surface area (Å²) in [5.41, 5.74) is 2.46. The van der Waals surface area contributed by atoms with Gasteiger partial charge < -0.3 is 14.2 Å². The van der Waals surface area contributed by atoms with Gasteiger partial charge in [-0.3, -0.25) is 9.59 Å². The molecule has 1 aliphatic rings. The highest BCUT2D eigenvalue weighted by Crippen LogP contribution is 2.29. The van der Waals surface area contributed by atoms with E-state index >= 15 is 0 Å². The average Bonchev–Trinajstić information content (AvgIpc) is 3.39. The average molecular weight is 506 g/mol. The van der Waals surface area contributed by atoms with Gasteiger partial charge in [0.1, 0.15) is 6.26 Å². The number of piperazine rings is 1. The molecular weight excluding hydrogens is 485 g/mol. The second kappa shape index (κ2) is 9.94. The summed E-state index contributed by atoms with van der Waals surface area (Å²) in [5.74, 6) is 0.0229. The number of aromatic nitrogens is 1. The Balaban J connectivity index is 1.40. The van der Waals surface area contributed by atoms with Crippen molar-refractivity contribution in [2.75, 3.05) is 19.6 Å². The lowest BCUT2D eigenvalue weighted by atomic mass is 10.0. The van der Waals surface area contributed by atoms with Gasteiger partial charge in [-0.1, -0.05) is 53.5 Å². The Morgan fingerprint density at radius 3 is 2.17 bits per heavy atom. The van der Waals surface area contributed by atoms with E-state index in [0.717, 1.165) is 11.1 Å². The van der Waals surface area contributed by atoms with E-state index in [-0.39, 0.29) is 23.6 Å². The Bertz CT molecular complexity index is 1340. The van der Waals surface area contributed by atoms with Gasteiger partial charge in [-0.15, -0.1) is 0 Å². The molecule has 1 fully saturated rings. The molecule has 2 heterocycles. The van der Waals surface area contributed by atoms with Crippen molar-refractivity contribution in [3.63, 3.8) is 0 Å². The van der Waals surface area contributed by atoms with Crippen LogP contribution < -0.4 is 0 Å². The molecule has 3 aromatic carbocycles. The predicted molar refractivity (Wildman–Crippen MR) is 135 cm³/mol. The zero-order chi connectivity index (χ0) is 24.4. The molecule has 0 saturated carbocycles. The van der Waals surface area contributed by atoms with Gasteiger partial charge in [-0.25, -0.2) is 4.98 Å². The van der Waals surface area contributed by atoms with Crippen LogP contribution in [0.25, 0.3) is 11.5 Å². The molecule has 4 aromatic rings. The van der Waals surface area contributed by atoms with Gasteiger partial charge in [-0.2, -0.15) is 0 Å². The van der Waals surface area contributed by atoms with Crippen molar-refractivity contribution in [3.05, 3.63) is 112 Å². The van der Waals surface area contributed by atoms with Crippen molar-refractivity contribution in [2.45, 2.75) is 6.04 Å². The summed E-state index contributed by atoms with van der Waals surface area (Å²) >= 11 is 12.1. The maximum absolute atomic E-state index is 13.4. The van der Waals surface area contributed by atoms with Gasteiger partial charge in [0.2, 0.25) is 5.89 Å². The molecule has 1 saturated heterocycles. The lowest BCUT2D eigenvalue weighted by Gasteiger charge is -2.41. The van der Waals surface area contributed by atoms with Crippen molar-refractivity contribution in [1.29, 1.82) is 0 Å². The number of nitrogens with zero attached hydrogens (tertiary/aromatic N) is 3. The summed E-state index contributed by atoms with van der Waals surface area (Å²) in [4.78, 5) is 34.6. The molecule has 35 heavy (non-hydrogen) atoms. The quantitative estimate of drug-likeness (QED) is 0.341. The summed E-state index contributed by atoms with van der Waals surface area (Å²) in [6, 6.07) is 23.2. The van der Waals surface area contributed by atoms with Crippen LogP contribution in [-0.2, 0) is 0 Å². The number of halogens is 2. The van der Waals surface area contributed by atoms with Crippen LogP contribution in [0.2, 0.25) is 10.0 Å². The number of carbonyl (C=O) groups is 2. The van der Waals surface area contributed by atoms with E-state index < -0.39 is 0 Å². The van der Waals surface area contributed by atoms with Crippen molar-refractivity contribution in [3.8, 4) is 11.5 Å². The number of hydrogen-bond donors (Lipinski definition) is 0. The molecule has 8 heteroatoms. The lowest BCUT2D eigenvalue weighted by molar-refractivity contribution is 0.0380. The molecular formula is C27H21Cl2N3O3. The fraction of sp³-hybridized carbons (Fsp3) is 0.148. The fourth-order valence-electron chi connectivity index (χ4n) is 4.19. The van der Waals surface area contributed by atoms with Crippen LogP contribution in [0.5, 0.6) is 0 Å². The summed E-state index contributed by atoms with van der Waals surface area (Å²) in [5, 5.41) is 1.16. The molecule has 1 aliphatic heterocycles. The van der Waals surface area contributed by atoms with E-state index in [1.54, 1.807) is 46.2 Å². The highest BCUT2D eigenvalue weighted by atomic mass is 35.5. The molecule has 0 aliphatic carbocycles. The Kier molecular flexibility index (Phi) is 6.57. The molecule has 0 bridgehead atoms. The van der Waals surface area contributed by atoms with Gasteiger partial charge in [0, 0.05) is 40.8 Å². The van der Waals surface area contributed by atoms with Crippen LogP contribution in [0.4, 0.5) is 0 Å². The Hall–Kier alpha value is -3.61. The first-order valence-corrected chi connectivity index (χ1v) is 11.9. The maximum atomic E-state index is 13.4. The van der Waals surface area contributed by atoms with E-state index in [9.17, 15) is 9.59 Å². The first-order valence-electron chi connectivity index (χ1n) is 11.1. The third-order valence-electron chi connectivity index (χ3n) is 6.02. The number of amides is 2. The number of rotatable bonds is 4. The Morgan fingerprint density at radius 1 is 0.829 bits per heavy atom. The third kappa shape index (κ3) is 4.94. The number of hydrogen-bond acceptors (Lipinski definition) is 4. The number of carbonyl (C=O) groups excluding carboxylic acids is 2. The number of benzene rings is 3. The summed E-state index contributed by atoms with van der Waals surface area (Å²) in [6.45, 7) is 1.05. The minimum absolute atomic E-state index is 0.124. The number of oxazole rings is 1. The molecule has 2 amide bonds. The van der Waals surface area contributed by atoms with Crippen LogP contribution in [0, 0.1) is 0 Å². The molecule has 0 radical (unpaired) electrons. The summed E-state index contributed by atoms with van der Waals surface area (Å²) < 4.78 is 5.57. The summed E-state index contributed by atoms with van der Waals surface area (Å²) in [7, 11) is 0. The van der Waals surface area contributed by atoms with Gasteiger partial charge >= 0.3 is 0 Å². The van der Waals surface area contributed by atoms with Crippen molar-refractivity contribution >= 4 is 35.0 Å². The molecule has 1 aromatic heterocycles. The van der Waals surface area contributed by atoms with Crippen molar-refractivity contribution < 1.29 is 14.0 Å². The SMILES string of the molecule is O=C(c1coc(-c2ccccc2)n1)N1CCN(C(=O)c2ccc(Cl)cc2)C(c2ccc(Cl)cc2)C1. The first-order chi connectivity index (χ1) is 17.0. The molecule has 176 valence electrons. The molecule has 0 N–H and O–H groups in total. The fourth-order valence-corrected chi connectivity index (χ4v) is 4.44. The molecule has 0 spiro atoms. The van der Waals surface area contributed by atoms with Crippen LogP contribution in [0.15, 0.2) is 89.5 Å². The van der Waals surface area contributed by atoms with Gasteiger partial charge in [0.05, 0.1) is 6.04 Å². The molecule has 1 atom stereocenters. The minimum atomic E-state index is -0.353. The second-order valence-corrected chi connectivity index (χ2v) is 9.10. The predicted octanol–water partition coefficient (Wildman–Crippen LogP) is 5.99. The highest BCUT2D eigenvalue weighted by molar-refractivity contribution is 6.30. The lowest BCUT2D eigenvalue weighted by Crippen LogP contribution is -2.52. The standard InChI is InChI=1S/C27H21Cl2N3O3/c28-21-10-6-18(7-11-21)24-16-31(14-15-32(24)26(33)20-8-12-22(29)13-9-20)27(34)23-17-35-25(30-23)19-4-2-1-3-5-19/h1-13,17,24H,14-16H2. The normalized spacial score (nSPS) is 15.8. The van der Waals surface area contributed by atoms with Crippen LogP contribution >= 0.6 is 23.2 Å². The van der Waals surface area contributed by atoms with Gasteiger partial charge in [0.25, 0.3) is 11.8 Å². The zero-order valence-electron chi connectivity index (χ0n) is 18.6. The van der Waals surface area contributed by atoms with Crippen LogP contribution in [0.1, 0.15) is 32.5 Å². The Labute approximate surface area is 212 Å². The van der Waals surface area contributed by atoms with E-state index in [0.29, 0.717) is 41.1 Å². The van der Waals surface area contributed by atoms with E-state index in [1.807, 2.05) is 42.5 Å². The smallest absolute Gasteiger partial charge is 0.275 e. The minimum Gasteiger partial charge on any atom is -0.444 e. The third-order valence-corrected chi connectivity index (χ3v) is 6.52. The van der Waals surface area contributed by atoms with E-state index in [2.05, 4.69) is 4.98 Å². The second-order valence-electron chi connectivity index (χ2n) is 8.23. The van der Waals surface area contributed by atoms with Gasteiger partial charge in [-0.05, 0) is 54.1 Å². The van der Waals surface area contributed by atoms with Crippen molar-refractivity contribution in [1.82, 2.24) is 14.8 Å². The summed E-state index contributed by atoms with van der Waals surface area (Å²) in [6.07, 6.45) is 1.38. The maximum Gasteiger partial charge on any atom is 0.275 e. The Morgan fingerprint density at radius 2 is 1.49 bits per heavy atom. The molecule has 6 nitrogen and oxygen atoms in total. The van der Waals surface area contributed by atoms with E-state index in [4.69, 9.17) is 27.6 Å². The zero-order valence-corrected chi connectivity index (χ0v) is 20.1. The topological polar surface area (TPSA) is 66.7 Å². The molecule has 5 rings (SSSR count). The molecule has 1 unspecified atom stereocenters. The van der Waals surface area contributed by atoms with Crippen molar-refractivity contribution in [2.24, 2.45) is 0 Å². The highest BCUT2D eigenvalue weighted by Gasteiger charge is 2.35. The van der Waals surface area contributed by atoms with Gasteiger partial charge in [0.15, 0.2) is 5.69 Å². The first kappa shape index (κ1) is 23.1. The van der Waals surface area contributed by atoms with E-state index in [1.165, 1.54) is 6.26 Å². The van der Waals surface area contributed by atoms with Crippen LogP contribution in [-0.4, -0.2) is 46.2 Å². The van der Waals surface area contributed by atoms with Crippen LogP contribution in [0.3, 0.4) is 0 Å². The monoisotopic (exact) mass is 505 g/mol.